The normalized spacial score (nSPS) is 13.0. The van der Waals surface area contributed by atoms with Crippen molar-refractivity contribution in [3.05, 3.63) is 95.6 Å². The summed E-state index contributed by atoms with van der Waals surface area (Å²) in [6.07, 6.45) is 0. The highest BCUT2D eigenvalue weighted by Gasteiger charge is 2.30. The van der Waals surface area contributed by atoms with Crippen molar-refractivity contribution in [2.75, 3.05) is 0 Å². The smallest absolute Gasteiger partial charge is 0.139 e. The largest absolute Gasteiger partial charge is 0.332 e. The van der Waals surface area contributed by atoms with E-state index in [1.807, 2.05) is 0 Å². The minimum atomic E-state index is 0.414. The van der Waals surface area contributed by atoms with Gasteiger partial charge in [-0.1, -0.05) is 78.9 Å². The van der Waals surface area contributed by atoms with Crippen LogP contribution in [-0.2, 0) is 6.54 Å². The molecule has 0 spiro atoms. The summed E-state index contributed by atoms with van der Waals surface area (Å²) in [4.78, 5) is 0. The fraction of sp³-hybridized carbons (Fsp3) is 0.100. The van der Waals surface area contributed by atoms with E-state index in [9.17, 15) is 0 Å². The van der Waals surface area contributed by atoms with E-state index in [1.165, 1.54) is 27.8 Å². The van der Waals surface area contributed by atoms with Gasteiger partial charge in [-0.25, -0.2) is 0 Å². The fourth-order valence-corrected chi connectivity index (χ4v) is 3.32. The standard InChI is InChI=1S/C20H17N/c1-2-8-15(9-3-1)14-21-20-18-12-6-4-10-16(18)17-11-5-7-13-19(17)20/h1-13,20-21H,14H2/p+1. The van der Waals surface area contributed by atoms with Gasteiger partial charge < -0.3 is 5.32 Å². The molecular weight excluding hydrogens is 254 g/mol. The number of fused-ring (bicyclic) bond motifs is 3. The quantitative estimate of drug-likeness (QED) is 0.751. The van der Waals surface area contributed by atoms with E-state index in [0.717, 1.165) is 6.54 Å². The Bertz CT molecular complexity index is 716. The van der Waals surface area contributed by atoms with Crippen LogP contribution in [0.3, 0.4) is 0 Å². The predicted molar refractivity (Wildman–Crippen MR) is 85.8 cm³/mol. The van der Waals surface area contributed by atoms with Gasteiger partial charge in [-0.3, -0.25) is 0 Å². The minimum Gasteiger partial charge on any atom is -0.332 e. The molecule has 2 N–H and O–H groups in total. The van der Waals surface area contributed by atoms with Gasteiger partial charge in [0.15, 0.2) is 0 Å². The Morgan fingerprint density at radius 2 is 1.14 bits per heavy atom. The van der Waals surface area contributed by atoms with Gasteiger partial charge in [0.2, 0.25) is 0 Å². The maximum absolute atomic E-state index is 2.44. The van der Waals surface area contributed by atoms with Gasteiger partial charge >= 0.3 is 0 Å². The first kappa shape index (κ1) is 12.4. The molecule has 0 radical (unpaired) electrons. The van der Waals surface area contributed by atoms with Crippen LogP contribution in [0, 0.1) is 0 Å². The summed E-state index contributed by atoms with van der Waals surface area (Å²) in [7, 11) is 0. The van der Waals surface area contributed by atoms with E-state index in [0.29, 0.717) is 6.04 Å². The van der Waals surface area contributed by atoms with Crippen LogP contribution in [0.25, 0.3) is 11.1 Å². The molecule has 4 rings (SSSR count). The molecule has 3 aromatic rings. The second kappa shape index (κ2) is 5.19. The van der Waals surface area contributed by atoms with Crippen LogP contribution in [0.15, 0.2) is 78.9 Å². The van der Waals surface area contributed by atoms with Crippen molar-refractivity contribution in [1.29, 1.82) is 0 Å². The molecule has 1 nitrogen and oxygen atoms in total. The van der Waals surface area contributed by atoms with E-state index < -0.39 is 0 Å². The second-order valence-corrected chi connectivity index (χ2v) is 5.58. The summed E-state index contributed by atoms with van der Waals surface area (Å²) in [6, 6.07) is 28.7. The summed E-state index contributed by atoms with van der Waals surface area (Å²) in [5.41, 5.74) is 7.04. The number of hydrogen-bond donors (Lipinski definition) is 1. The summed E-state index contributed by atoms with van der Waals surface area (Å²) in [5.74, 6) is 0. The van der Waals surface area contributed by atoms with Gasteiger partial charge in [-0.15, -0.1) is 0 Å². The first-order valence-corrected chi connectivity index (χ1v) is 7.49. The Kier molecular flexibility index (Phi) is 3.06. The van der Waals surface area contributed by atoms with Crippen LogP contribution in [0.1, 0.15) is 22.7 Å². The summed E-state index contributed by atoms with van der Waals surface area (Å²) in [5, 5.41) is 2.44. The van der Waals surface area contributed by atoms with Crippen molar-refractivity contribution in [2.24, 2.45) is 0 Å². The van der Waals surface area contributed by atoms with Crippen molar-refractivity contribution < 1.29 is 5.32 Å². The molecule has 0 amide bonds. The number of nitrogens with two attached hydrogens (primary N) is 1. The lowest BCUT2D eigenvalue weighted by Crippen LogP contribution is -2.83. The number of benzene rings is 3. The zero-order chi connectivity index (χ0) is 14.1. The predicted octanol–water partition coefficient (Wildman–Crippen LogP) is 3.52. The van der Waals surface area contributed by atoms with Crippen LogP contribution in [0.4, 0.5) is 0 Å². The van der Waals surface area contributed by atoms with Gasteiger partial charge in [-0.2, -0.15) is 0 Å². The van der Waals surface area contributed by atoms with Crippen molar-refractivity contribution in [3.8, 4) is 11.1 Å². The molecule has 0 bridgehead atoms. The maximum Gasteiger partial charge on any atom is 0.139 e. The fourth-order valence-electron chi connectivity index (χ4n) is 3.32. The monoisotopic (exact) mass is 272 g/mol. The molecular formula is C20H18N+. The third-order valence-corrected chi connectivity index (χ3v) is 4.31. The average Bonchev–Trinajstić information content (AvgIpc) is 2.88. The Balaban J connectivity index is 1.69. The topological polar surface area (TPSA) is 16.6 Å². The molecule has 21 heavy (non-hydrogen) atoms. The molecule has 1 aliphatic carbocycles. The summed E-state index contributed by atoms with van der Waals surface area (Å²) >= 11 is 0. The zero-order valence-electron chi connectivity index (χ0n) is 11.9. The highest BCUT2D eigenvalue weighted by molar-refractivity contribution is 5.77. The molecule has 0 aliphatic heterocycles. The zero-order valence-corrected chi connectivity index (χ0v) is 11.9. The van der Waals surface area contributed by atoms with E-state index in [2.05, 4.69) is 84.2 Å². The minimum absolute atomic E-state index is 0.414. The number of hydrogen-bond acceptors (Lipinski definition) is 0. The highest BCUT2D eigenvalue weighted by atomic mass is 14.9. The van der Waals surface area contributed by atoms with Crippen LogP contribution < -0.4 is 5.32 Å². The van der Waals surface area contributed by atoms with Crippen molar-refractivity contribution in [2.45, 2.75) is 12.6 Å². The molecule has 0 fully saturated rings. The molecule has 3 aromatic carbocycles. The molecule has 0 aromatic heterocycles. The van der Waals surface area contributed by atoms with E-state index in [1.54, 1.807) is 0 Å². The molecule has 102 valence electrons. The molecule has 0 heterocycles. The van der Waals surface area contributed by atoms with Gasteiger partial charge in [0, 0.05) is 16.7 Å². The molecule has 0 saturated carbocycles. The van der Waals surface area contributed by atoms with Crippen LogP contribution >= 0.6 is 0 Å². The average molecular weight is 272 g/mol. The Morgan fingerprint density at radius 3 is 1.76 bits per heavy atom. The second-order valence-electron chi connectivity index (χ2n) is 5.58. The molecule has 1 heteroatoms. The third kappa shape index (κ3) is 2.16. The van der Waals surface area contributed by atoms with Gasteiger partial charge in [0.05, 0.1) is 0 Å². The van der Waals surface area contributed by atoms with Crippen LogP contribution in [0.2, 0.25) is 0 Å². The maximum atomic E-state index is 2.44. The van der Waals surface area contributed by atoms with Gasteiger partial charge in [0.1, 0.15) is 12.6 Å². The first-order valence-electron chi connectivity index (χ1n) is 7.49. The van der Waals surface area contributed by atoms with Crippen molar-refractivity contribution >= 4 is 0 Å². The lowest BCUT2D eigenvalue weighted by atomic mass is 10.1. The first-order chi connectivity index (χ1) is 10.4. The number of quaternary nitrogens is 1. The molecule has 0 saturated heterocycles. The summed E-state index contributed by atoms with van der Waals surface area (Å²) in [6.45, 7) is 1.01. The SMILES string of the molecule is c1ccc(C[NH2+]C2c3ccccc3-c3ccccc32)cc1. The van der Waals surface area contributed by atoms with E-state index >= 15 is 0 Å². The van der Waals surface area contributed by atoms with E-state index in [4.69, 9.17) is 0 Å². The molecule has 1 aliphatic rings. The Labute approximate surface area is 125 Å². The molecule has 0 atom stereocenters. The van der Waals surface area contributed by atoms with E-state index in [-0.39, 0.29) is 0 Å². The molecule has 0 unspecified atom stereocenters. The van der Waals surface area contributed by atoms with Crippen LogP contribution in [0.5, 0.6) is 0 Å². The lowest BCUT2D eigenvalue weighted by molar-refractivity contribution is -0.701. The number of rotatable bonds is 3. The van der Waals surface area contributed by atoms with Gasteiger partial charge in [-0.05, 0) is 11.1 Å². The lowest BCUT2D eigenvalue weighted by Gasteiger charge is -2.12. The van der Waals surface area contributed by atoms with Crippen molar-refractivity contribution in [1.82, 2.24) is 0 Å². The third-order valence-electron chi connectivity index (χ3n) is 4.31. The highest BCUT2D eigenvalue weighted by Crippen LogP contribution is 2.40. The Hall–Kier alpha value is -2.38. The van der Waals surface area contributed by atoms with Crippen LogP contribution in [-0.4, -0.2) is 0 Å². The van der Waals surface area contributed by atoms with Crippen molar-refractivity contribution in [3.63, 3.8) is 0 Å². The Morgan fingerprint density at radius 1 is 0.619 bits per heavy atom. The van der Waals surface area contributed by atoms with Gasteiger partial charge in [0.25, 0.3) is 0 Å². The summed E-state index contributed by atoms with van der Waals surface area (Å²) < 4.78 is 0.